The van der Waals surface area contributed by atoms with Gasteiger partial charge in [-0.3, -0.25) is 0 Å². The first-order chi connectivity index (χ1) is 27.2. The van der Waals surface area contributed by atoms with Crippen LogP contribution in [0.2, 0.25) is 0 Å². The molecule has 0 unspecified atom stereocenters. The van der Waals surface area contributed by atoms with Crippen molar-refractivity contribution < 1.29 is 4.42 Å². The van der Waals surface area contributed by atoms with E-state index < -0.39 is 0 Å². The number of furan rings is 1. The minimum atomic E-state index is 0.605. The molecule has 0 aliphatic rings. The fourth-order valence-corrected chi connectivity index (χ4v) is 10.4. The van der Waals surface area contributed by atoms with Gasteiger partial charge < -0.3 is 4.42 Å². The lowest BCUT2D eigenvalue weighted by Gasteiger charge is -2.14. The molecule has 0 radical (unpaired) electrons. The summed E-state index contributed by atoms with van der Waals surface area (Å²) in [7, 11) is 0. The molecule has 0 amide bonds. The van der Waals surface area contributed by atoms with Crippen molar-refractivity contribution in [2.24, 2.45) is 0 Å². The molecule has 6 heteroatoms. The summed E-state index contributed by atoms with van der Waals surface area (Å²) in [5.41, 5.74) is 6.57. The summed E-state index contributed by atoms with van der Waals surface area (Å²) in [6, 6.07) is 57.9. The predicted molar refractivity (Wildman–Crippen MR) is 232 cm³/mol. The number of hydrogen-bond acceptors (Lipinski definition) is 6. The lowest BCUT2D eigenvalue weighted by Crippen LogP contribution is -2.01. The van der Waals surface area contributed by atoms with Crippen LogP contribution in [-0.4, -0.2) is 15.0 Å². The Hall–Kier alpha value is -6.73. The molecule has 0 bridgehead atoms. The van der Waals surface area contributed by atoms with E-state index in [-0.39, 0.29) is 0 Å². The second-order valence-electron chi connectivity index (χ2n) is 13.9. The zero-order valence-corrected chi connectivity index (χ0v) is 30.8. The molecule has 0 saturated carbocycles. The van der Waals surface area contributed by atoms with Crippen LogP contribution in [0.15, 0.2) is 168 Å². The van der Waals surface area contributed by atoms with Gasteiger partial charge >= 0.3 is 0 Å². The molecular formula is C49H27N3OS2. The number of benzene rings is 8. The van der Waals surface area contributed by atoms with Crippen LogP contribution in [0.3, 0.4) is 0 Å². The molecule has 8 aromatic carbocycles. The Morgan fingerprint density at radius 2 is 0.909 bits per heavy atom. The molecule has 0 fully saturated rings. The summed E-state index contributed by atoms with van der Waals surface area (Å²) in [5, 5.41) is 9.37. The van der Waals surface area contributed by atoms with E-state index in [0.717, 1.165) is 55.1 Å². The zero-order chi connectivity index (χ0) is 36.0. The number of aromatic nitrogens is 3. The Kier molecular flexibility index (Phi) is 6.64. The number of hydrogen-bond donors (Lipinski definition) is 0. The summed E-state index contributed by atoms with van der Waals surface area (Å²) in [4.78, 5) is 16.0. The molecule has 0 atom stereocenters. The Labute approximate surface area is 322 Å². The van der Waals surface area contributed by atoms with Gasteiger partial charge in [-0.25, -0.2) is 15.0 Å². The van der Waals surface area contributed by atoms with E-state index in [4.69, 9.17) is 19.4 Å². The van der Waals surface area contributed by atoms with Crippen molar-refractivity contribution in [2.75, 3.05) is 0 Å². The number of fused-ring (bicyclic) bond motifs is 10. The molecule has 4 aromatic heterocycles. The molecule has 0 aliphatic heterocycles. The van der Waals surface area contributed by atoms with Gasteiger partial charge in [0, 0.05) is 67.8 Å². The Balaban J connectivity index is 1.15. The van der Waals surface area contributed by atoms with E-state index in [2.05, 4.69) is 152 Å². The summed E-state index contributed by atoms with van der Waals surface area (Å²) >= 11 is 3.62. The summed E-state index contributed by atoms with van der Waals surface area (Å²) < 4.78 is 11.5. The third-order valence-corrected chi connectivity index (χ3v) is 13.0. The normalized spacial score (nSPS) is 12.0. The topological polar surface area (TPSA) is 51.8 Å². The van der Waals surface area contributed by atoms with Crippen LogP contribution in [0.1, 0.15) is 0 Å². The van der Waals surface area contributed by atoms with Gasteiger partial charge in [-0.2, -0.15) is 0 Å². The van der Waals surface area contributed by atoms with Gasteiger partial charge in [0.1, 0.15) is 11.2 Å². The van der Waals surface area contributed by atoms with Crippen molar-refractivity contribution in [1.82, 2.24) is 15.0 Å². The van der Waals surface area contributed by atoms with Crippen LogP contribution in [0, 0.1) is 0 Å². The van der Waals surface area contributed by atoms with Gasteiger partial charge in [0.05, 0.1) is 0 Å². The van der Waals surface area contributed by atoms with Gasteiger partial charge in [-0.15, -0.1) is 22.7 Å². The monoisotopic (exact) mass is 737 g/mol. The first-order valence-electron chi connectivity index (χ1n) is 18.3. The zero-order valence-electron chi connectivity index (χ0n) is 29.2. The van der Waals surface area contributed by atoms with Gasteiger partial charge in [-0.05, 0) is 70.4 Å². The summed E-state index contributed by atoms with van der Waals surface area (Å²) in [5.74, 6) is 1.86. The average Bonchev–Trinajstić information content (AvgIpc) is 3.93. The molecule has 0 spiro atoms. The number of para-hydroxylation sites is 1. The third kappa shape index (κ3) is 4.85. The predicted octanol–water partition coefficient (Wildman–Crippen LogP) is 14.3. The molecule has 4 nitrogen and oxygen atoms in total. The van der Waals surface area contributed by atoms with Crippen LogP contribution in [-0.2, 0) is 0 Å². The maximum atomic E-state index is 6.50. The first-order valence-corrected chi connectivity index (χ1v) is 19.9. The molecule has 4 heterocycles. The van der Waals surface area contributed by atoms with Crippen molar-refractivity contribution in [3.8, 4) is 45.3 Å². The van der Waals surface area contributed by atoms with Crippen LogP contribution >= 0.6 is 22.7 Å². The average molecular weight is 738 g/mol. The second kappa shape index (κ2) is 11.9. The molecule has 0 aliphatic carbocycles. The van der Waals surface area contributed by atoms with Crippen molar-refractivity contribution >= 4 is 95.7 Å². The second-order valence-corrected chi connectivity index (χ2v) is 16.1. The molecule has 0 N–H and O–H groups in total. The van der Waals surface area contributed by atoms with E-state index in [0.29, 0.717) is 17.5 Å². The Morgan fingerprint density at radius 1 is 0.364 bits per heavy atom. The molecule has 12 rings (SSSR count). The Morgan fingerprint density at radius 3 is 1.65 bits per heavy atom. The van der Waals surface area contributed by atoms with E-state index in [1.54, 1.807) is 11.3 Å². The summed E-state index contributed by atoms with van der Waals surface area (Å²) in [6.45, 7) is 0. The van der Waals surface area contributed by atoms with Crippen molar-refractivity contribution in [3.05, 3.63) is 164 Å². The van der Waals surface area contributed by atoms with Crippen molar-refractivity contribution in [3.63, 3.8) is 0 Å². The number of rotatable bonds is 4. The van der Waals surface area contributed by atoms with Gasteiger partial charge in [-0.1, -0.05) is 115 Å². The molecular weight excluding hydrogens is 711 g/mol. The van der Waals surface area contributed by atoms with E-state index >= 15 is 0 Å². The van der Waals surface area contributed by atoms with Crippen LogP contribution in [0.5, 0.6) is 0 Å². The van der Waals surface area contributed by atoms with Crippen molar-refractivity contribution in [2.45, 2.75) is 0 Å². The minimum absolute atomic E-state index is 0.605. The fraction of sp³-hybridized carbons (Fsp3) is 0. The highest BCUT2D eigenvalue weighted by Gasteiger charge is 2.23. The minimum Gasteiger partial charge on any atom is -0.456 e. The third-order valence-electron chi connectivity index (χ3n) is 10.7. The van der Waals surface area contributed by atoms with E-state index in [9.17, 15) is 0 Å². The van der Waals surface area contributed by atoms with Gasteiger partial charge in [0.25, 0.3) is 0 Å². The van der Waals surface area contributed by atoms with Gasteiger partial charge in [0.15, 0.2) is 17.5 Å². The first kappa shape index (κ1) is 30.7. The van der Waals surface area contributed by atoms with Crippen LogP contribution in [0.4, 0.5) is 0 Å². The SMILES string of the molecule is c1ccc2cc(-c3nc(-c4ccc5c(c4)sc4ccccc45)nc(-c4c(-c5ccc6c(c5)sc5ccccc56)ccc5oc6ccccc6c45)n3)ccc2c1. The van der Waals surface area contributed by atoms with E-state index in [1.807, 2.05) is 23.5 Å². The lowest BCUT2D eigenvalue weighted by molar-refractivity contribution is 0.669. The highest BCUT2D eigenvalue weighted by Crippen LogP contribution is 2.45. The number of nitrogens with zero attached hydrogens (tertiary/aromatic N) is 3. The molecule has 0 saturated heterocycles. The highest BCUT2D eigenvalue weighted by molar-refractivity contribution is 7.26. The highest BCUT2D eigenvalue weighted by atomic mass is 32.1. The maximum absolute atomic E-state index is 6.50. The molecule has 256 valence electrons. The lowest BCUT2D eigenvalue weighted by atomic mass is 9.94. The number of thiophene rings is 2. The fourth-order valence-electron chi connectivity index (χ4n) is 8.12. The largest absolute Gasteiger partial charge is 0.456 e. The summed E-state index contributed by atoms with van der Waals surface area (Å²) in [6.07, 6.45) is 0. The van der Waals surface area contributed by atoms with Gasteiger partial charge in [0.2, 0.25) is 0 Å². The van der Waals surface area contributed by atoms with E-state index in [1.165, 1.54) is 45.7 Å². The smallest absolute Gasteiger partial charge is 0.165 e. The van der Waals surface area contributed by atoms with Crippen LogP contribution < -0.4 is 0 Å². The Bertz CT molecular complexity index is 3520. The maximum Gasteiger partial charge on any atom is 0.165 e. The van der Waals surface area contributed by atoms with Crippen molar-refractivity contribution in [1.29, 1.82) is 0 Å². The molecule has 55 heavy (non-hydrogen) atoms. The molecule has 12 aromatic rings. The van der Waals surface area contributed by atoms with Crippen LogP contribution in [0.25, 0.3) is 118 Å². The standard InChI is InChI=1S/C49H27N3OS2/c1-2-10-29-25-31(18-17-28(29)9-1)47-50-48(32-20-22-37-35-12-5-8-16-42(35)55-44(37)27-32)52-49(51-47)46-33(23-24-40-45(46)38-13-3-6-14-39(38)53-40)30-19-21-36-34-11-4-7-15-41(34)54-43(36)26-30/h1-27H. The quantitative estimate of drug-likeness (QED) is 0.180.